The van der Waals surface area contributed by atoms with E-state index < -0.39 is 17.3 Å². The predicted molar refractivity (Wildman–Crippen MR) is 95.0 cm³/mol. The first-order chi connectivity index (χ1) is 12.1. The highest BCUT2D eigenvalue weighted by atomic mass is 19.4. The fourth-order valence-electron chi connectivity index (χ4n) is 2.40. The number of hydrogen-bond donors (Lipinski definition) is 0. The molecule has 0 saturated heterocycles. The van der Waals surface area contributed by atoms with Crippen LogP contribution in [0.25, 0.3) is 6.08 Å². The van der Waals surface area contributed by atoms with Gasteiger partial charge in [0.2, 0.25) is 5.91 Å². The Hall–Kier alpha value is -2.63. The van der Waals surface area contributed by atoms with Gasteiger partial charge in [0, 0.05) is 30.6 Å². The summed E-state index contributed by atoms with van der Waals surface area (Å²) in [6.07, 6.45) is 1.63. The lowest BCUT2D eigenvalue weighted by Crippen LogP contribution is -2.44. The van der Waals surface area contributed by atoms with Crippen molar-refractivity contribution in [1.82, 2.24) is 9.88 Å². The number of benzene rings is 1. The number of amides is 1. The number of pyridine rings is 1. The lowest BCUT2D eigenvalue weighted by molar-refractivity contribution is -0.137. The molecular formula is C20H21F3N2O. The number of nitrogens with zero attached hydrogens (tertiary/aromatic N) is 2. The van der Waals surface area contributed by atoms with Gasteiger partial charge in [-0.1, -0.05) is 18.2 Å². The molecule has 6 heteroatoms. The molecule has 1 aromatic carbocycles. The van der Waals surface area contributed by atoms with Gasteiger partial charge in [-0.25, -0.2) is 0 Å². The second-order valence-corrected chi connectivity index (χ2v) is 6.91. The van der Waals surface area contributed by atoms with Crippen molar-refractivity contribution in [2.75, 3.05) is 0 Å². The molecule has 2 rings (SSSR count). The maximum Gasteiger partial charge on any atom is 0.416 e. The van der Waals surface area contributed by atoms with Crippen LogP contribution in [0, 0.1) is 0 Å². The molecule has 138 valence electrons. The Morgan fingerprint density at radius 3 is 2.46 bits per heavy atom. The molecule has 26 heavy (non-hydrogen) atoms. The van der Waals surface area contributed by atoms with Gasteiger partial charge in [0.05, 0.1) is 5.56 Å². The van der Waals surface area contributed by atoms with Crippen molar-refractivity contribution in [3.63, 3.8) is 0 Å². The second-order valence-electron chi connectivity index (χ2n) is 6.91. The third kappa shape index (κ3) is 5.44. The van der Waals surface area contributed by atoms with E-state index in [2.05, 4.69) is 4.98 Å². The van der Waals surface area contributed by atoms with Gasteiger partial charge in [0.15, 0.2) is 0 Å². The number of halogens is 3. The molecule has 0 radical (unpaired) electrons. The normalized spacial score (nSPS) is 12.4. The van der Waals surface area contributed by atoms with Gasteiger partial charge in [-0.05, 0) is 56.2 Å². The van der Waals surface area contributed by atoms with Crippen molar-refractivity contribution in [1.29, 1.82) is 0 Å². The fourth-order valence-corrected chi connectivity index (χ4v) is 2.40. The Labute approximate surface area is 151 Å². The maximum atomic E-state index is 12.8. The summed E-state index contributed by atoms with van der Waals surface area (Å²) in [5.41, 5.74) is 0.00670. The van der Waals surface area contributed by atoms with E-state index in [9.17, 15) is 18.0 Å². The Kier molecular flexibility index (Phi) is 5.85. The summed E-state index contributed by atoms with van der Waals surface area (Å²) in [5, 5.41) is 0. The zero-order valence-corrected chi connectivity index (χ0v) is 14.9. The van der Waals surface area contributed by atoms with Gasteiger partial charge in [0.25, 0.3) is 0 Å². The predicted octanol–water partition coefficient (Wildman–Crippen LogP) is 4.94. The van der Waals surface area contributed by atoms with Gasteiger partial charge < -0.3 is 4.90 Å². The minimum Gasteiger partial charge on any atom is -0.330 e. The third-order valence-electron chi connectivity index (χ3n) is 3.77. The number of carbonyl (C=O) groups is 1. The molecule has 0 spiro atoms. The summed E-state index contributed by atoms with van der Waals surface area (Å²) < 4.78 is 38.4. The smallest absolute Gasteiger partial charge is 0.330 e. The maximum absolute atomic E-state index is 12.8. The van der Waals surface area contributed by atoms with Crippen LogP contribution < -0.4 is 0 Å². The van der Waals surface area contributed by atoms with Gasteiger partial charge >= 0.3 is 6.18 Å². The Morgan fingerprint density at radius 2 is 1.88 bits per heavy atom. The highest BCUT2D eigenvalue weighted by Gasteiger charge is 2.30. The number of rotatable bonds is 4. The van der Waals surface area contributed by atoms with Crippen molar-refractivity contribution >= 4 is 12.0 Å². The summed E-state index contributed by atoms with van der Waals surface area (Å²) in [7, 11) is 0. The highest BCUT2D eigenvalue weighted by molar-refractivity contribution is 5.92. The topological polar surface area (TPSA) is 33.2 Å². The van der Waals surface area contributed by atoms with Crippen molar-refractivity contribution in [2.45, 2.75) is 39.0 Å². The fraction of sp³-hybridized carbons (Fsp3) is 0.300. The standard InChI is InChI=1S/C20H21F3N2O/c1-19(2,3)25(14-16-7-5-11-24-13-16)18(26)10-9-15-6-4-8-17(12-15)20(21,22)23/h4-13H,14H2,1-3H3. The van der Waals surface area contributed by atoms with Crippen molar-refractivity contribution in [3.8, 4) is 0 Å². The molecule has 0 aliphatic heterocycles. The molecule has 0 bridgehead atoms. The number of aromatic nitrogens is 1. The van der Waals surface area contributed by atoms with Crippen LogP contribution >= 0.6 is 0 Å². The lowest BCUT2D eigenvalue weighted by Gasteiger charge is -2.35. The molecule has 0 fully saturated rings. The molecular weight excluding hydrogens is 341 g/mol. The number of hydrogen-bond acceptors (Lipinski definition) is 2. The minimum absolute atomic E-state index is 0.279. The van der Waals surface area contributed by atoms with Crippen LogP contribution in [-0.4, -0.2) is 21.3 Å². The first kappa shape index (κ1) is 19.7. The zero-order chi connectivity index (χ0) is 19.4. The van der Waals surface area contributed by atoms with Gasteiger partial charge in [-0.2, -0.15) is 13.2 Å². The first-order valence-electron chi connectivity index (χ1n) is 8.13. The molecule has 0 aliphatic rings. The molecule has 0 aliphatic carbocycles. The summed E-state index contributed by atoms with van der Waals surface area (Å²) >= 11 is 0. The number of alkyl halides is 3. The average Bonchev–Trinajstić information content (AvgIpc) is 2.57. The van der Waals surface area contributed by atoms with Crippen LogP contribution in [-0.2, 0) is 17.5 Å². The van der Waals surface area contributed by atoms with Gasteiger partial charge in [0.1, 0.15) is 0 Å². The van der Waals surface area contributed by atoms with Crippen LogP contribution in [0.4, 0.5) is 13.2 Å². The second kappa shape index (κ2) is 7.72. The van der Waals surface area contributed by atoms with E-state index in [1.165, 1.54) is 24.3 Å². The van der Waals surface area contributed by atoms with Crippen molar-refractivity contribution in [2.24, 2.45) is 0 Å². The quantitative estimate of drug-likeness (QED) is 0.722. The summed E-state index contributed by atoms with van der Waals surface area (Å²) in [4.78, 5) is 18.3. The van der Waals surface area contributed by atoms with Crippen LogP contribution in [0.1, 0.15) is 37.5 Å². The number of carbonyl (C=O) groups excluding carboxylic acids is 1. The minimum atomic E-state index is -4.41. The van der Waals surface area contributed by atoms with Crippen LogP contribution in [0.2, 0.25) is 0 Å². The molecule has 3 nitrogen and oxygen atoms in total. The molecule has 1 heterocycles. The van der Waals surface area contributed by atoms with E-state index in [0.29, 0.717) is 12.1 Å². The molecule has 1 amide bonds. The first-order valence-corrected chi connectivity index (χ1v) is 8.13. The average molecular weight is 362 g/mol. The van der Waals surface area contributed by atoms with E-state index in [0.717, 1.165) is 17.7 Å². The largest absolute Gasteiger partial charge is 0.416 e. The summed E-state index contributed by atoms with van der Waals surface area (Å²) in [5.74, 6) is -0.279. The molecule has 0 atom stereocenters. The Balaban J connectivity index is 2.20. The van der Waals surface area contributed by atoms with Crippen molar-refractivity contribution in [3.05, 3.63) is 71.6 Å². The molecule has 2 aromatic rings. The highest BCUT2D eigenvalue weighted by Crippen LogP contribution is 2.29. The monoisotopic (exact) mass is 362 g/mol. The van der Waals surface area contributed by atoms with Gasteiger partial charge in [-0.3, -0.25) is 9.78 Å². The molecule has 0 unspecified atom stereocenters. The van der Waals surface area contributed by atoms with Gasteiger partial charge in [-0.15, -0.1) is 0 Å². The third-order valence-corrected chi connectivity index (χ3v) is 3.77. The van der Waals surface area contributed by atoms with E-state index in [1.807, 2.05) is 26.8 Å². The molecule has 0 N–H and O–H groups in total. The van der Waals surface area contributed by atoms with E-state index >= 15 is 0 Å². The van der Waals surface area contributed by atoms with E-state index in [1.54, 1.807) is 23.4 Å². The van der Waals surface area contributed by atoms with Crippen molar-refractivity contribution < 1.29 is 18.0 Å². The SMILES string of the molecule is CC(C)(C)N(Cc1cccnc1)C(=O)C=Cc1cccc(C(F)(F)F)c1. The zero-order valence-electron chi connectivity index (χ0n) is 14.9. The lowest BCUT2D eigenvalue weighted by atomic mass is 10.0. The Bertz CT molecular complexity index is 778. The molecule has 1 aromatic heterocycles. The summed E-state index contributed by atoms with van der Waals surface area (Å²) in [6, 6.07) is 8.54. The van der Waals surface area contributed by atoms with Crippen LogP contribution in [0.15, 0.2) is 54.9 Å². The summed E-state index contributed by atoms with van der Waals surface area (Å²) in [6.45, 7) is 6.07. The van der Waals surface area contributed by atoms with E-state index in [4.69, 9.17) is 0 Å². The molecule has 0 saturated carbocycles. The Morgan fingerprint density at radius 1 is 1.15 bits per heavy atom. The van der Waals surface area contributed by atoms with Crippen LogP contribution in [0.3, 0.4) is 0 Å². The van der Waals surface area contributed by atoms with E-state index in [-0.39, 0.29) is 5.91 Å². The van der Waals surface area contributed by atoms with Crippen LogP contribution in [0.5, 0.6) is 0 Å².